The quantitative estimate of drug-likeness (QED) is 0.0922. The molecule has 2 aliphatic heterocycles. The van der Waals surface area contributed by atoms with E-state index in [4.69, 9.17) is 46.9 Å². The standard InChI is InChI=1S/C42H48Cl2O13/c1-3-53-29-11-5-23(6-12-29)17-25-19-27(9-15-31(25)43)41(52)39(50)37(48)36(47)34(56-41)22-55-42(40(51)38(49)35(46)33(21-45)57-42)28-10-16-32(44)26(20-28)18-24-7-13-30(14-8-24)54-4-2/h5-16,19-20,33-40,45-52H,3-4,17-18,21-22H2,1-2H3/t33-,34-,35-,36-,37+,38+,39-,40-,41+,42-/m1/s1. The number of hydrogen-bond donors (Lipinski definition) is 8. The zero-order valence-electron chi connectivity index (χ0n) is 31.3. The highest BCUT2D eigenvalue weighted by Crippen LogP contribution is 2.43. The summed E-state index contributed by atoms with van der Waals surface area (Å²) in [5.74, 6) is -3.57. The van der Waals surface area contributed by atoms with Crippen molar-refractivity contribution in [2.45, 2.75) is 87.1 Å². The second kappa shape index (κ2) is 18.3. The second-order valence-electron chi connectivity index (χ2n) is 14.1. The van der Waals surface area contributed by atoms with E-state index < -0.39 is 73.6 Å². The Morgan fingerprint density at radius 1 is 0.596 bits per heavy atom. The van der Waals surface area contributed by atoms with E-state index in [1.54, 1.807) is 6.07 Å². The summed E-state index contributed by atoms with van der Waals surface area (Å²) in [6.45, 7) is 3.26. The van der Waals surface area contributed by atoms with E-state index in [1.807, 2.05) is 62.4 Å². The van der Waals surface area contributed by atoms with Crippen LogP contribution in [0.1, 0.15) is 47.2 Å². The number of hydrogen-bond acceptors (Lipinski definition) is 13. The Kier molecular flexibility index (Phi) is 13.8. The molecule has 2 heterocycles. The zero-order chi connectivity index (χ0) is 41.1. The van der Waals surface area contributed by atoms with Gasteiger partial charge in [-0.25, -0.2) is 0 Å². The van der Waals surface area contributed by atoms with E-state index in [1.165, 1.54) is 30.3 Å². The lowest BCUT2D eigenvalue weighted by Gasteiger charge is -2.50. The molecule has 15 heteroatoms. The van der Waals surface area contributed by atoms with Crippen LogP contribution in [0.4, 0.5) is 0 Å². The van der Waals surface area contributed by atoms with E-state index in [-0.39, 0.29) is 11.1 Å². The predicted molar refractivity (Wildman–Crippen MR) is 208 cm³/mol. The summed E-state index contributed by atoms with van der Waals surface area (Å²) in [7, 11) is 0. The molecule has 13 nitrogen and oxygen atoms in total. The van der Waals surface area contributed by atoms with Crippen molar-refractivity contribution < 1.29 is 64.5 Å². The van der Waals surface area contributed by atoms with Crippen LogP contribution in [0.3, 0.4) is 0 Å². The number of benzene rings is 4. The third-order valence-electron chi connectivity index (χ3n) is 10.4. The molecule has 0 bridgehead atoms. The molecule has 0 spiro atoms. The molecular weight excluding hydrogens is 783 g/mol. The number of aliphatic hydroxyl groups is 8. The Morgan fingerprint density at radius 3 is 1.58 bits per heavy atom. The molecule has 0 amide bonds. The maximum absolute atomic E-state index is 12.0. The molecule has 10 atom stereocenters. The molecular formula is C42H48Cl2O13. The van der Waals surface area contributed by atoms with Crippen LogP contribution < -0.4 is 9.47 Å². The normalized spacial score (nSPS) is 30.2. The molecule has 0 aliphatic carbocycles. The van der Waals surface area contributed by atoms with Crippen molar-refractivity contribution in [3.05, 3.63) is 128 Å². The monoisotopic (exact) mass is 830 g/mol. The minimum Gasteiger partial charge on any atom is -0.494 e. The van der Waals surface area contributed by atoms with Crippen molar-refractivity contribution >= 4 is 23.2 Å². The SMILES string of the molecule is CCOc1ccc(Cc2cc([C@@]3(OC[C@H]4O[C@@](O)(c5ccc(Cl)c(Cc6ccc(OCC)cc6)c5)[C@H](O)[C@@H](O)[C@@H]4O)O[C@H](CO)[C@@H](O)[C@H](O)[C@H]3O)ccc2Cl)cc1. The van der Waals surface area contributed by atoms with Crippen molar-refractivity contribution in [2.75, 3.05) is 26.4 Å². The van der Waals surface area contributed by atoms with Gasteiger partial charge >= 0.3 is 0 Å². The summed E-state index contributed by atoms with van der Waals surface area (Å²) in [4.78, 5) is 0. The minimum absolute atomic E-state index is 0.00970. The van der Waals surface area contributed by atoms with Crippen LogP contribution in [-0.2, 0) is 38.6 Å². The Labute approximate surface area is 340 Å². The van der Waals surface area contributed by atoms with Crippen LogP contribution >= 0.6 is 23.2 Å². The van der Waals surface area contributed by atoms with Crippen molar-refractivity contribution in [1.29, 1.82) is 0 Å². The van der Waals surface area contributed by atoms with Crippen LogP contribution in [0.25, 0.3) is 0 Å². The topological polar surface area (TPSA) is 208 Å². The summed E-state index contributed by atoms with van der Waals surface area (Å²) in [6.07, 6.45) is -13.9. The predicted octanol–water partition coefficient (Wildman–Crippen LogP) is 2.94. The smallest absolute Gasteiger partial charge is 0.225 e. The molecule has 0 saturated carbocycles. The third kappa shape index (κ3) is 8.97. The van der Waals surface area contributed by atoms with Gasteiger partial charge in [0.15, 0.2) is 0 Å². The first-order valence-electron chi connectivity index (χ1n) is 18.7. The first kappa shape index (κ1) is 43.2. The van der Waals surface area contributed by atoms with Crippen LogP contribution in [0.15, 0.2) is 84.9 Å². The van der Waals surface area contributed by atoms with Gasteiger partial charge in [0.2, 0.25) is 11.6 Å². The third-order valence-corrected chi connectivity index (χ3v) is 11.1. The van der Waals surface area contributed by atoms with E-state index in [9.17, 15) is 40.9 Å². The summed E-state index contributed by atoms with van der Waals surface area (Å²) >= 11 is 13.2. The molecule has 0 unspecified atom stereocenters. The van der Waals surface area contributed by atoms with Gasteiger partial charge in [-0.2, -0.15) is 0 Å². The van der Waals surface area contributed by atoms with Gasteiger partial charge in [0.1, 0.15) is 60.3 Å². The molecule has 6 rings (SSSR count). The molecule has 2 fully saturated rings. The van der Waals surface area contributed by atoms with E-state index in [0.29, 0.717) is 58.7 Å². The highest BCUT2D eigenvalue weighted by molar-refractivity contribution is 6.31. The number of aliphatic hydroxyl groups excluding tert-OH is 7. The largest absolute Gasteiger partial charge is 0.494 e. The van der Waals surface area contributed by atoms with Crippen LogP contribution in [0.5, 0.6) is 11.5 Å². The molecule has 2 saturated heterocycles. The first-order chi connectivity index (χ1) is 27.2. The molecule has 4 aromatic carbocycles. The van der Waals surface area contributed by atoms with Gasteiger partial charge in [-0.3, -0.25) is 0 Å². The highest BCUT2D eigenvalue weighted by Gasteiger charge is 2.58. The van der Waals surface area contributed by atoms with E-state index >= 15 is 0 Å². The van der Waals surface area contributed by atoms with Crippen molar-refractivity contribution in [3.8, 4) is 11.5 Å². The molecule has 8 N–H and O–H groups in total. The lowest BCUT2D eigenvalue weighted by atomic mass is 9.86. The van der Waals surface area contributed by atoms with Gasteiger partial charge in [-0.1, -0.05) is 59.6 Å². The minimum atomic E-state index is -2.61. The van der Waals surface area contributed by atoms with Crippen molar-refractivity contribution in [3.63, 3.8) is 0 Å². The highest BCUT2D eigenvalue weighted by atomic mass is 35.5. The first-order valence-corrected chi connectivity index (χ1v) is 19.4. The molecule has 57 heavy (non-hydrogen) atoms. The summed E-state index contributed by atoms with van der Waals surface area (Å²) in [5.41, 5.74) is 2.96. The van der Waals surface area contributed by atoms with Crippen LogP contribution in [0.2, 0.25) is 10.0 Å². The van der Waals surface area contributed by atoms with Crippen LogP contribution in [-0.4, -0.2) is 116 Å². The van der Waals surface area contributed by atoms with Crippen molar-refractivity contribution in [2.24, 2.45) is 0 Å². The van der Waals surface area contributed by atoms with Crippen molar-refractivity contribution in [1.82, 2.24) is 0 Å². The maximum Gasteiger partial charge on any atom is 0.225 e. The molecule has 2 aliphatic rings. The van der Waals surface area contributed by atoms with E-state index in [0.717, 1.165) is 11.1 Å². The Bertz CT molecular complexity index is 1950. The van der Waals surface area contributed by atoms with Gasteiger partial charge in [-0.05, 0) is 97.5 Å². The fourth-order valence-electron chi connectivity index (χ4n) is 7.21. The molecule has 0 aromatic heterocycles. The average molecular weight is 832 g/mol. The average Bonchev–Trinajstić information content (AvgIpc) is 3.21. The fraction of sp³-hybridized carbons (Fsp3) is 0.429. The Balaban J connectivity index is 1.31. The van der Waals surface area contributed by atoms with Gasteiger partial charge in [0.25, 0.3) is 0 Å². The lowest BCUT2D eigenvalue weighted by molar-refractivity contribution is -0.397. The summed E-state index contributed by atoms with van der Waals surface area (Å²) in [6, 6.07) is 23.7. The summed E-state index contributed by atoms with van der Waals surface area (Å²) in [5, 5.41) is 89.5. The lowest BCUT2D eigenvalue weighted by Crippen LogP contribution is -2.66. The Hall–Kier alpha value is -3.38. The molecule has 0 radical (unpaired) electrons. The zero-order valence-corrected chi connectivity index (χ0v) is 32.8. The van der Waals surface area contributed by atoms with Gasteiger partial charge in [0.05, 0.1) is 26.4 Å². The second-order valence-corrected chi connectivity index (χ2v) is 15.0. The van der Waals surface area contributed by atoms with Gasteiger partial charge in [0, 0.05) is 21.2 Å². The number of rotatable bonds is 14. The fourth-order valence-corrected chi connectivity index (χ4v) is 7.58. The van der Waals surface area contributed by atoms with Gasteiger partial charge in [-0.15, -0.1) is 0 Å². The van der Waals surface area contributed by atoms with E-state index in [2.05, 4.69) is 0 Å². The van der Waals surface area contributed by atoms with Crippen LogP contribution in [0, 0.1) is 0 Å². The van der Waals surface area contributed by atoms with Gasteiger partial charge < -0.3 is 64.5 Å². The Morgan fingerprint density at radius 2 is 1.07 bits per heavy atom. The number of ether oxygens (including phenoxy) is 5. The summed E-state index contributed by atoms with van der Waals surface area (Å²) < 4.78 is 29.4. The molecule has 4 aromatic rings. The number of halogens is 2. The molecule has 308 valence electrons. The maximum atomic E-state index is 12.0.